The molecule has 2 unspecified atom stereocenters. The first kappa shape index (κ1) is 41.1. The first-order valence-electron chi connectivity index (χ1n) is 22.2. The fraction of sp³-hybridized carbons (Fsp3) is 0.228. The molecule has 0 nitrogen and oxygen atoms in total. The van der Waals surface area contributed by atoms with Gasteiger partial charge >= 0.3 is 351 Å². The summed E-state index contributed by atoms with van der Waals surface area (Å²) in [6.45, 7) is 4.76. The molecule has 1 saturated heterocycles. The fourth-order valence-corrected chi connectivity index (χ4v) is 27.4. The van der Waals surface area contributed by atoms with Crippen LogP contribution in [0.25, 0.3) is 77.5 Å². The molecular weight excluding hydrogens is 847 g/mol. The molecule has 298 valence electrons. The Labute approximate surface area is 373 Å². The molecule has 0 aromatic heterocycles. The van der Waals surface area contributed by atoms with Crippen LogP contribution in [0.5, 0.6) is 0 Å². The van der Waals surface area contributed by atoms with E-state index >= 15 is 0 Å². The zero-order valence-corrected chi connectivity index (χ0v) is 38.8. The van der Waals surface area contributed by atoms with E-state index in [2.05, 4.69) is 172 Å². The van der Waals surface area contributed by atoms with Crippen molar-refractivity contribution in [2.45, 2.75) is 74.3 Å². The zero-order chi connectivity index (χ0) is 38.8. The molecular formula is C57H52Cl2Zr. The maximum absolute atomic E-state index is 3.11. The van der Waals surface area contributed by atoms with Crippen molar-refractivity contribution in [2.75, 3.05) is 0 Å². The minimum absolute atomic E-state index is 0. The molecule has 2 atom stereocenters. The van der Waals surface area contributed by atoms with Gasteiger partial charge in [0.25, 0.3) is 0 Å². The average Bonchev–Trinajstić information content (AvgIpc) is 3.82. The third kappa shape index (κ3) is 6.49. The summed E-state index contributed by atoms with van der Waals surface area (Å²) < 4.78 is 4.21. The van der Waals surface area contributed by atoms with Gasteiger partial charge in [-0.1, -0.05) is 0 Å². The van der Waals surface area contributed by atoms with Crippen molar-refractivity contribution in [1.29, 1.82) is 0 Å². The van der Waals surface area contributed by atoms with Gasteiger partial charge in [-0.05, 0) is 0 Å². The number of benzene rings is 8. The van der Waals surface area contributed by atoms with Crippen molar-refractivity contribution in [1.82, 2.24) is 0 Å². The Morgan fingerprint density at radius 1 is 0.450 bits per heavy atom. The van der Waals surface area contributed by atoms with E-state index in [9.17, 15) is 0 Å². The molecule has 0 bridgehead atoms. The van der Waals surface area contributed by atoms with Crippen LogP contribution in [0.3, 0.4) is 0 Å². The smallest absolute Gasteiger partial charge is 1.00 e. The van der Waals surface area contributed by atoms with Gasteiger partial charge < -0.3 is 24.8 Å². The van der Waals surface area contributed by atoms with E-state index in [0.717, 1.165) is 0 Å². The fourth-order valence-electron chi connectivity index (χ4n) is 11.9. The normalized spacial score (nSPS) is 16.9. The molecule has 2 aliphatic carbocycles. The van der Waals surface area contributed by atoms with E-state index in [1.807, 2.05) is 0 Å². The van der Waals surface area contributed by atoms with Crippen LogP contribution < -0.4 is 24.8 Å². The second-order valence-electron chi connectivity index (χ2n) is 17.6. The molecule has 0 saturated carbocycles. The molecule has 1 fully saturated rings. The van der Waals surface area contributed by atoms with Gasteiger partial charge in [0.15, 0.2) is 0 Å². The molecule has 8 aromatic rings. The topological polar surface area (TPSA) is 0 Å². The molecule has 3 aliphatic rings. The molecule has 8 aromatic carbocycles. The van der Waals surface area contributed by atoms with Gasteiger partial charge in [0, 0.05) is 0 Å². The van der Waals surface area contributed by atoms with Crippen LogP contribution in [0.1, 0.15) is 88.3 Å². The zero-order valence-electron chi connectivity index (χ0n) is 34.8. The number of halogens is 2. The summed E-state index contributed by atoms with van der Waals surface area (Å²) in [5, 5.41) is 10.8. The first-order chi connectivity index (χ1) is 28.7. The van der Waals surface area contributed by atoms with E-state index in [-0.39, 0.29) is 24.8 Å². The van der Waals surface area contributed by atoms with E-state index < -0.39 is 20.3 Å². The van der Waals surface area contributed by atoms with Gasteiger partial charge in [-0.15, -0.1) is 0 Å². The van der Waals surface area contributed by atoms with Crippen LogP contribution in [0, 0.1) is 0 Å². The van der Waals surface area contributed by atoms with E-state index in [0.29, 0.717) is 7.25 Å². The summed E-state index contributed by atoms with van der Waals surface area (Å²) in [5.74, 6) is 0. The van der Waals surface area contributed by atoms with Crippen LogP contribution in [-0.2, 0) is 20.3 Å². The van der Waals surface area contributed by atoms with Crippen molar-refractivity contribution < 1.29 is 45.1 Å². The maximum Gasteiger partial charge on any atom is -1.00 e. The molecule has 0 radical (unpaired) electrons. The molecule has 11 rings (SSSR count). The maximum atomic E-state index is 2.74. The van der Waals surface area contributed by atoms with E-state index in [1.54, 1.807) is 22.3 Å². The second-order valence-corrected chi connectivity index (χ2v) is 29.0. The van der Waals surface area contributed by atoms with Gasteiger partial charge in [0.1, 0.15) is 0 Å². The Hall–Kier alpha value is -4.26. The summed E-state index contributed by atoms with van der Waals surface area (Å²) in [6.07, 6.45) is 14.3. The predicted molar refractivity (Wildman–Crippen MR) is 248 cm³/mol. The number of hydrogen-bond donors (Lipinski definition) is 0. The van der Waals surface area contributed by atoms with Crippen LogP contribution in [0.4, 0.5) is 0 Å². The van der Waals surface area contributed by atoms with Gasteiger partial charge in [-0.25, -0.2) is 0 Å². The van der Waals surface area contributed by atoms with Gasteiger partial charge in [0.05, 0.1) is 0 Å². The third-order valence-corrected chi connectivity index (χ3v) is 29.8. The van der Waals surface area contributed by atoms with E-state index in [4.69, 9.17) is 0 Å². The minimum Gasteiger partial charge on any atom is -1.00 e. The standard InChI is InChI=1S/2C27H23.C3H6.2ClH.Zr/c2*1-2-3-9-19-16-20-12-8-15-25(26(20)17-19)27-23-13-6-4-10-21(23)18-22-11-5-7-14-24(22)27;1-3-2;;;/h2*4-8,10-18H,2-3,9H2,1H3;1-3H2;2*1H;/q;;;;;+2/p-2. The number of fused-ring (bicyclic) bond motifs is 6. The van der Waals surface area contributed by atoms with Gasteiger partial charge in [-0.2, -0.15) is 0 Å². The van der Waals surface area contributed by atoms with Crippen molar-refractivity contribution in [3.8, 4) is 22.3 Å². The summed E-state index contributed by atoms with van der Waals surface area (Å²) in [5.41, 5.74) is 15.6. The average molecular weight is 899 g/mol. The minimum atomic E-state index is -3.11. The van der Waals surface area contributed by atoms with Crippen LogP contribution in [-0.4, -0.2) is 0 Å². The molecule has 0 amide bonds. The first-order valence-corrected chi connectivity index (χ1v) is 28.5. The molecule has 0 spiro atoms. The quantitative estimate of drug-likeness (QED) is 0.120. The van der Waals surface area contributed by atoms with Crippen molar-refractivity contribution >= 4 is 55.2 Å². The summed E-state index contributed by atoms with van der Waals surface area (Å²) >= 11 is -3.11. The van der Waals surface area contributed by atoms with Gasteiger partial charge in [-0.3, -0.25) is 0 Å². The number of unbranched alkanes of at least 4 members (excludes halogenated alkanes) is 2. The third-order valence-electron chi connectivity index (χ3n) is 14.5. The largest absolute Gasteiger partial charge is 1.00 e. The number of rotatable bonds is 10. The Kier molecular flexibility index (Phi) is 11.6. The SMILES string of the molecule is CCCCC1=Cc2c(-c3c4ccccc4cc4ccccc34)cccc2[CH]1[Zr+2]1([CH]2C(CCCC)=Cc3c(-c4c5ccccc5cc5ccccc45)cccc32)[CH2]C[CH2]1.[Cl-].[Cl-]. The van der Waals surface area contributed by atoms with Crippen LogP contribution in [0.15, 0.2) is 157 Å². The van der Waals surface area contributed by atoms with E-state index in [1.165, 1.54) is 130 Å². The molecule has 1 heterocycles. The number of allylic oxidation sites excluding steroid dienone is 2. The van der Waals surface area contributed by atoms with Crippen molar-refractivity contribution in [2.24, 2.45) is 0 Å². The molecule has 3 heteroatoms. The monoisotopic (exact) mass is 896 g/mol. The van der Waals surface area contributed by atoms with Gasteiger partial charge in [0.2, 0.25) is 0 Å². The molecule has 60 heavy (non-hydrogen) atoms. The summed E-state index contributed by atoms with van der Waals surface area (Å²) in [4.78, 5) is 0. The second kappa shape index (κ2) is 16.9. The van der Waals surface area contributed by atoms with Crippen LogP contribution in [0.2, 0.25) is 8.26 Å². The Balaban J connectivity index is 0.00000231. The number of hydrogen-bond acceptors (Lipinski definition) is 0. The summed E-state index contributed by atoms with van der Waals surface area (Å²) in [6, 6.07) is 56.0. The molecule has 1 aliphatic heterocycles. The van der Waals surface area contributed by atoms with Crippen molar-refractivity contribution in [3.05, 3.63) is 179 Å². The Bertz CT molecular complexity index is 2680. The van der Waals surface area contributed by atoms with Crippen LogP contribution >= 0.6 is 0 Å². The summed E-state index contributed by atoms with van der Waals surface area (Å²) in [7, 11) is 0. The predicted octanol–water partition coefficient (Wildman–Crippen LogP) is 11.0. The van der Waals surface area contributed by atoms with Crippen molar-refractivity contribution in [3.63, 3.8) is 0 Å². The molecule has 0 N–H and O–H groups in total. The Morgan fingerprint density at radius 2 is 0.817 bits per heavy atom. The Morgan fingerprint density at radius 3 is 1.15 bits per heavy atom.